The summed E-state index contributed by atoms with van der Waals surface area (Å²) in [6.45, 7) is 9.72. The van der Waals surface area contributed by atoms with Crippen LogP contribution in [0.1, 0.15) is 47.7 Å². The number of piperidine rings is 1. The minimum atomic E-state index is -3.95. The van der Waals surface area contributed by atoms with E-state index < -0.39 is 10.0 Å². The molecule has 0 aliphatic carbocycles. The van der Waals surface area contributed by atoms with Crippen molar-refractivity contribution in [2.24, 2.45) is 5.92 Å². The van der Waals surface area contributed by atoms with Crippen molar-refractivity contribution >= 4 is 33.2 Å². The number of hydrogen-bond donors (Lipinski definition) is 2. The SMILES string of the molecule is Cc1ccc(C)c(NS(=O)(=O)c2cc(C(=O)NCCCN3CCC(C)CC3)ccc2Cl)c1. The van der Waals surface area contributed by atoms with Crippen LogP contribution in [0.4, 0.5) is 5.69 Å². The topological polar surface area (TPSA) is 78.5 Å². The van der Waals surface area contributed by atoms with Gasteiger partial charge in [0, 0.05) is 12.1 Å². The van der Waals surface area contributed by atoms with Crippen LogP contribution in [0, 0.1) is 19.8 Å². The van der Waals surface area contributed by atoms with Gasteiger partial charge in [0.1, 0.15) is 4.90 Å². The van der Waals surface area contributed by atoms with Crippen molar-refractivity contribution in [3.8, 4) is 0 Å². The van der Waals surface area contributed by atoms with Crippen molar-refractivity contribution in [1.82, 2.24) is 10.2 Å². The number of nitrogens with zero attached hydrogens (tertiary/aromatic N) is 1. The van der Waals surface area contributed by atoms with Gasteiger partial charge in [-0.15, -0.1) is 0 Å². The number of hydrogen-bond acceptors (Lipinski definition) is 4. The van der Waals surface area contributed by atoms with Gasteiger partial charge in [-0.2, -0.15) is 0 Å². The normalized spacial score (nSPS) is 15.5. The first-order valence-corrected chi connectivity index (χ1v) is 12.9. The molecule has 1 fully saturated rings. The molecular weight excluding hydrogens is 446 g/mol. The van der Waals surface area contributed by atoms with Gasteiger partial charge in [0.15, 0.2) is 0 Å². The van der Waals surface area contributed by atoms with E-state index in [0.717, 1.165) is 43.1 Å². The lowest BCUT2D eigenvalue weighted by molar-refractivity contribution is 0.0950. The molecule has 1 saturated heterocycles. The molecule has 0 atom stereocenters. The van der Waals surface area contributed by atoms with E-state index in [2.05, 4.69) is 21.9 Å². The van der Waals surface area contributed by atoms with E-state index in [0.29, 0.717) is 12.2 Å². The number of sulfonamides is 1. The molecule has 0 spiro atoms. The molecule has 2 N–H and O–H groups in total. The van der Waals surface area contributed by atoms with E-state index in [4.69, 9.17) is 11.6 Å². The maximum atomic E-state index is 13.0. The third kappa shape index (κ3) is 6.47. The van der Waals surface area contributed by atoms with Gasteiger partial charge in [0.25, 0.3) is 15.9 Å². The Labute approximate surface area is 196 Å². The Morgan fingerprint density at radius 1 is 1.12 bits per heavy atom. The lowest BCUT2D eigenvalue weighted by Gasteiger charge is -2.30. The molecule has 1 amide bonds. The number of anilines is 1. The van der Waals surface area contributed by atoms with Crippen LogP contribution in [0.5, 0.6) is 0 Å². The minimum absolute atomic E-state index is 0.0682. The van der Waals surface area contributed by atoms with E-state index in [1.807, 2.05) is 26.0 Å². The molecule has 0 radical (unpaired) electrons. The second-order valence-electron chi connectivity index (χ2n) is 8.70. The van der Waals surface area contributed by atoms with Gasteiger partial charge in [0.05, 0.1) is 10.7 Å². The fourth-order valence-electron chi connectivity index (χ4n) is 3.79. The number of carbonyl (C=O) groups is 1. The molecule has 0 unspecified atom stereocenters. The summed E-state index contributed by atoms with van der Waals surface area (Å²) in [5.41, 5.74) is 2.49. The Balaban J connectivity index is 1.62. The highest BCUT2D eigenvalue weighted by molar-refractivity contribution is 7.92. The van der Waals surface area contributed by atoms with Crippen molar-refractivity contribution in [2.45, 2.75) is 44.9 Å². The zero-order valence-electron chi connectivity index (χ0n) is 18.9. The van der Waals surface area contributed by atoms with E-state index in [9.17, 15) is 13.2 Å². The maximum Gasteiger partial charge on any atom is 0.263 e. The number of likely N-dealkylation sites (tertiary alicyclic amines) is 1. The molecule has 2 aromatic carbocycles. The Bertz CT molecular complexity index is 1060. The van der Waals surface area contributed by atoms with Crippen LogP contribution in [-0.2, 0) is 10.0 Å². The van der Waals surface area contributed by atoms with E-state index in [-0.39, 0.29) is 21.4 Å². The van der Waals surface area contributed by atoms with Gasteiger partial charge < -0.3 is 10.2 Å². The van der Waals surface area contributed by atoms with Crippen LogP contribution in [0.15, 0.2) is 41.3 Å². The van der Waals surface area contributed by atoms with Crippen molar-refractivity contribution in [2.75, 3.05) is 30.9 Å². The summed E-state index contributed by atoms with van der Waals surface area (Å²) in [5.74, 6) is 0.489. The third-order valence-corrected chi connectivity index (χ3v) is 7.78. The molecule has 8 heteroatoms. The highest BCUT2D eigenvalue weighted by Gasteiger charge is 2.21. The first-order valence-electron chi connectivity index (χ1n) is 11.1. The lowest BCUT2D eigenvalue weighted by Crippen LogP contribution is -2.35. The van der Waals surface area contributed by atoms with Gasteiger partial charge >= 0.3 is 0 Å². The van der Waals surface area contributed by atoms with Gasteiger partial charge in [-0.25, -0.2) is 8.42 Å². The summed E-state index contributed by atoms with van der Waals surface area (Å²) < 4.78 is 28.6. The van der Waals surface area contributed by atoms with Crippen LogP contribution >= 0.6 is 11.6 Å². The monoisotopic (exact) mass is 477 g/mol. The molecule has 1 heterocycles. The first-order chi connectivity index (χ1) is 15.2. The average Bonchev–Trinajstić information content (AvgIpc) is 2.75. The van der Waals surface area contributed by atoms with E-state index in [1.54, 1.807) is 12.1 Å². The largest absolute Gasteiger partial charge is 0.352 e. The van der Waals surface area contributed by atoms with Crippen LogP contribution in [0.2, 0.25) is 5.02 Å². The highest BCUT2D eigenvalue weighted by atomic mass is 35.5. The molecule has 2 aromatic rings. The molecule has 0 saturated carbocycles. The number of benzene rings is 2. The third-order valence-electron chi connectivity index (χ3n) is 5.93. The fraction of sp³-hybridized carbons (Fsp3) is 0.458. The van der Waals surface area contributed by atoms with Crippen LogP contribution < -0.4 is 10.0 Å². The first kappa shape index (κ1) is 24.6. The number of halogens is 1. The Morgan fingerprint density at radius 3 is 2.56 bits per heavy atom. The zero-order valence-corrected chi connectivity index (χ0v) is 20.5. The minimum Gasteiger partial charge on any atom is -0.352 e. The van der Waals surface area contributed by atoms with Crippen molar-refractivity contribution < 1.29 is 13.2 Å². The van der Waals surface area contributed by atoms with Crippen LogP contribution in [0.25, 0.3) is 0 Å². The van der Waals surface area contributed by atoms with E-state index >= 15 is 0 Å². The van der Waals surface area contributed by atoms with Crippen molar-refractivity contribution in [3.05, 3.63) is 58.1 Å². The van der Waals surface area contributed by atoms with E-state index in [1.165, 1.54) is 25.0 Å². The molecular formula is C24H32ClN3O3S. The second-order valence-corrected chi connectivity index (χ2v) is 10.8. The molecule has 32 heavy (non-hydrogen) atoms. The molecule has 0 aromatic heterocycles. The number of carbonyl (C=O) groups excluding carboxylic acids is 1. The standard InChI is InChI=1S/C24H32ClN3O3S/c1-17-9-13-28(14-10-17)12-4-11-26-24(29)20-7-8-21(25)23(16-20)32(30,31)27-22-15-18(2)5-6-19(22)3/h5-8,15-17,27H,4,9-14H2,1-3H3,(H,26,29). The second kappa shape index (κ2) is 10.7. The molecule has 3 rings (SSSR count). The molecule has 6 nitrogen and oxygen atoms in total. The van der Waals surface area contributed by atoms with Crippen LogP contribution in [0.3, 0.4) is 0 Å². The van der Waals surface area contributed by atoms with Crippen molar-refractivity contribution in [1.29, 1.82) is 0 Å². The quantitative estimate of drug-likeness (QED) is 0.544. The average molecular weight is 478 g/mol. The van der Waals surface area contributed by atoms with Crippen LogP contribution in [-0.4, -0.2) is 45.4 Å². The summed E-state index contributed by atoms with van der Waals surface area (Å²) >= 11 is 6.19. The predicted molar refractivity (Wildman–Crippen MR) is 130 cm³/mol. The number of nitrogens with one attached hydrogen (secondary N) is 2. The van der Waals surface area contributed by atoms with Gasteiger partial charge in [-0.05, 0) is 94.1 Å². The smallest absolute Gasteiger partial charge is 0.263 e. The molecule has 1 aliphatic rings. The maximum absolute atomic E-state index is 13.0. The predicted octanol–water partition coefficient (Wildman–Crippen LogP) is 4.61. The summed E-state index contributed by atoms with van der Waals surface area (Å²) in [6.07, 6.45) is 3.31. The number of amides is 1. The Kier molecular flexibility index (Phi) is 8.20. The number of aryl methyl sites for hydroxylation is 2. The van der Waals surface area contributed by atoms with Gasteiger partial charge in [0.2, 0.25) is 0 Å². The lowest BCUT2D eigenvalue weighted by atomic mass is 9.99. The number of rotatable bonds is 8. The van der Waals surface area contributed by atoms with Gasteiger partial charge in [-0.3, -0.25) is 9.52 Å². The summed E-state index contributed by atoms with van der Waals surface area (Å²) in [7, 11) is -3.95. The van der Waals surface area contributed by atoms with Crippen molar-refractivity contribution in [3.63, 3.8) is 0 Å². The summed E-state index contributed by atoms with van der Waals surface area (Å²) in [5, 5.41) is 2.96. The fourth-order valence-corrected chi connectivity index (χ4v) is 5.44. The summed E-state index contributed by atoms with van der Waals surface area (Å²) in [4.78, 5) is 14.9. The highest BCUT2D eigenvalue weighted by Crippen LogP contribution is 2.27. The molecule has 174 valence electrons. The molecule has 0 bridgehead atoms. The summed E-state index contributed by atoms with van der Waals surface area (Å²) in [6, 6.07) is 9.85. The van der Waals surface area contributed by atoms with Gasteiger partial charge in [-0.1, -0.05) is 30.7 Å². The molecule has 1 aliphatic heterocycles. The Hall–Kier alpha value is -2.09. The Morgan fingerprint density at radius 2 is 1.84 bits per heavy atom. The zero-order chi connectivity index (χ0) is 23.3.